The number of halogens is 2. The van der Waals surface area contributed by atoms with E-state index >= 15 is 0 Å². The van der Waals surface area contributed by atoms with Gasteiger partial charge in [-0.2, -0.15) is 9.78 Å². The molecule has 1 saturated heterocycles. The van der Waals surface area contributed by atoms with Crippen LogP contribution >= 0.6 is 23.2 Å². The Hall–Kier alpha value is -3.53. The summed E-state index contributed by atoms with van der Waals surface area (Å²) in [5.74, 6) is 0.288. The number of aromatic nitrogens is 4. The zero-order chi connectivity index (χ0) is 27.0. The maximum atomic E-state index is 13.2. The normalized spacial score (nSPS) is 14.3. The molecule has 38 heavy (non-hydrogen) atoms. The van der Waals surface area contributed by atoms with Gasteiger partial charge >= 0.3 is 0 Å². The third-order valence-corrected chi connectivity index (χ3v) is 7.41. The molecule has 0 aliphatic carbocycles. The van der Waals surface area contributed by atoms with Crippen LogP contribution in [-0.4, -0.2) is 68.7 Å². The van der Waals surface area contributed by atoms with Crippen LogP contribution in [0.2, 0.25) is 10.0 Å². The number of fused-ring (bicyclic) bond motifs is 1. The molecule has 0 radical (unpaired) electrons. The summed E-state index contributed by atoms with van der Waals surface area (Å²) in [4.78, 5) is 39.3. The minimum Gasteiger partial charge on any atom is -0.339 e. The summed E-state index contributed by atoms with van der Waals surface area (Å²) in [6.07, 6.45) is 3.37. The number of hydrogen-bond acceptors (Lipinski definition) is 7. The molecule has 196 valence electrons. The number of piperidine rings is 1. The number of nitrogens with one attached hydrogen (secondary N) is 1. The van der Waals surface area contributed by atoms with Crippen LogP contribution < -0.4 is 10.9 Å². The summed E-state index contributed by atoms with van der Waals surface area (Å²) in [6.45, 7) is 3.21. The summed E-state index contributed by atoms with van der Waals surface area (Å²) in [5.41, 5.74) is 2.05. The number of carbonyl (C=O) groups excluding carboxylic acids is 1. The Morgan fingerprint density at radius 2 is 1.76 bits per heavy atom. The van der Waals surface area contributed by atoms with Crippen LogP contribution in [0.3, 0.4) is 0 Å². The number of benzene rings is 2. The first-order valence-electron chi connectivity index (χ1n) is 12.3. The van der Waals surface area contributed by atoms with Crippen molar-refractivity contribution in [2.75, 3.05) is 32.5 Å². The molecule has 1 amide bonds. The quantitative estimate of drug-likeness (QED) is 0.384. The van der Waals surface area contributed by atoms with E-state index in [1.165, 1.54) is 10.9 Å². The van der Waals surface area contributed by atoms with E-state index in [-0.39, 0.29) is 17.2 Å². The Morgan fingerprint density at radius 3 is 2.45 bits per heavy atom. The molecule has 1 N–H and O–H groups in total. The molecule has 9 nitrogen and oxygen atoms in total. The highest BCUT2D eigenvalue weighted by Gasteiger charge is 2.25. The number of para-hydroxylation sites is 1. The lowest BCUT2D eigenvalue weighted by Gasteiger charge is -2.35. The summed E-state index contributed by atoms with van der Waals surface area (Å²) < 4.78 is 1.18. The van der Waals surface area contributed by atoms with Gasteiger partial charge in [0.15, 0.2) is 0 Å². The van der Waals surface area contributed by atoms with E-state index in [2.05, 4.69) is 39.4 Å². The van der Waals surface area contributed by atoms with Crippen LogP contribution in [0.25, 0.3) is 16.6 Å². The number of hydrogen-bond donors (Lipinski definition) is 1. The molecular formula is C27H27Cl2N7O2. The van der Waals surface area contributed by atoms with Gasteiger partial charge in [-0.25, -0.2) is 9.97 Å². The van der Waals surface area contributed by atoms with Crippen LogP contribution in [0, 0.1) is 6.92 Å². The van der Waals surface area contributed by atoms with E-state index < -0.39 is 5.56 Å². The van der Waals surface area contributed by atoms with E-state index in [0.29, 0.717) is 44.2 Å². The Morgan fingerprint density at radius 1 is 1.08 bits per heavy atom. The maximum Gasteiger partial charge on any atom is 0.282 e. The van der Waals surface area contributed by atoms with Crippen molar-refractivity contribution in [3.8, 4) is 5.69 Å². The smallest absolute Gasteiger partial charge is 0.282 e. The SMILES string of the molecule is Cc1nn(-c2c(Cl)cccc2Cl)c(=O)c2cnc(Nc3cccc(C(=O)N4CCC(N(C)C)CC4)c3)nc12. The predicted molar refractivity (Wildman–Crippen MR) is 150 cm³/mol. The Kier molecular flexibility index (Phi) is 7.34. The summed E-state index contributed by atoms with van der Waals surface area (Å²) in [6, 6.07) is 12.7. The average molecular weight is 552 g/mol. The van der Waals surface area contributed by atoms with Crippen molar-refractivity contribution in [3.05, 3.63) is 80.3 Å². The number of anilines is 2. The average Bonchev–Trinajstić information content (AvgIpc) is 2.91. The fourth-order valence-corrected chi connectivity index (χ4v) is 5.26. The highest BCUT2D eigenvalue weighted by molar-refractivity contribution is 6.37. The van der Waals surface area contributed by atoms with Crippen LogP contribution in [0.1, 0.15) is 28.9 Å². The molecule has 0 spiro atoms. The van der Waals surface area contributed by atoms with Crippen molar-refractivity contribution in [3.63, 3.8) is 0 Å². The number of aryl methyl sites for hydroxylation is 1. The molecule has 2 aromatic carbocycles. The van der Waals surface area contributed by atoms with Crippen molar-refractivity contribution >= 4 is 51.6 Å². The molecule has 1 aliphatic rings. The molecule has 11 heteroatoms. The molecule has 0 saturated carbocycles. The summed E-state index contributed by atoms with van der Waals surface area (Å²) >= 11 is 12.6. The van der Waals surface area contributed by atoms with Gasteiger partial charge in [-0.15, -0.1) is 0 Å². The van der Waals surface area contributed by atoms with E-state index in [0.717, 1.165) is 25.9 Å². The first kappa shape index (κ1) is 26.1. The van der Waals surface area contributed by atoms with Crippen molar-refractivity contribution in [1.82, 2.24) is 29.5 Å². The minimum atomic E-state index is -0.433. The topological polar surface area (TPSA) is 96.2 Å². The number of nitrogens with zero attached hydrogens (tertiary/aromatic N) is 6. The molecule has 0 bridgehead atoms. The highest BCUT2D eigenvalue weighted by Crippen LogP contribution is 2.27. The first-order valence-corrected chi connectivity index (χ1v) is 13.0. The molecule has 3 heterocycles. The fraction of sp³-hybridized carbons (Fsp3) is 0.296. The lowest BCUT2D eigenvalue weighted by atomic mass is 10.0. The van der Waals surface area contributed by atoms with Gasteiger partial charge in [0.2, 0.25) is 5.95 Å². The third kappa shape index (κ3) is 5.09. The fourth-order valence-electron chi connectivity index (χ4n) is 4.70. The second-order valence-electron chi connectivity index (χ2n) is 9.52. The first-order chi connectivity index (χ1) is 18.2. The van der Waals surface area contributed by atoms with Crippen molar-refractivity contribution in [1.29, 1.82) is 0 Å². The molecule has 4 aromatic rings. The number of likely N-dealkylation sites (tertiary alicyclic amines) is 1. The number of amides is 1. The number of rotatable bonds is 5. The predicted octanol–water partition coefficient (Wildman–Crippen LogP) is 4.70. The van der Waals surface area contributed by atoms with Crippen LogP contribution in [0.4, 0.5) is 11.6 Å². The zero-order valence-electron chi connectivity index (χ0n) is 21.3. The molecule has 1 aliphatic heterocycles. The molecule has 2 aromatic heterocycles. The second-order valence-corrected chi connectivity index (χ2v) is 10.3. The van der Waals surface area contributed by atoms with Crippen LogP contribution in [0.5, 0.6) is 0 Å². The lowest BCUT2D eigenvalue weighted by Crippen LogP contribution is -2.44. The molecule has 1 fully saturated rings. The lowest BCUT2D eigenvalue weighted by molar-refractivity contribution is 0.0663. The number of carbonyl (C=O) groups is 1. The highest BCUT2D eigenvalue weighted by atomic mass is 35.5. The van der Waals surface area contributed by atoms with Crippen molar-refractivity contribution < 1.29 is 4.79 Å². The minimum absolute atomic E-state index is 0.00381. The third-order valence-electron chi connectivity index (χ3n) is 6.80. The largest absolute Gasteiger partial charge is 0.339 e. The van der Waals surface area contributed by atoms with Gasteiger partial charge in [0.05, 0.1) is 21.1 Å². The second kappa shape index (κ2) is 10.7. The molecule has 5 rings (SSSR count). The molecule has 0 unspecified atom stereocenters. The van der Waals surface area contributed by atoms with E-state index in [4.69, 9.17) is 23.2 Å². The van der Waals surface area contributed by atoms with Gasteiger partial charge < -0.3 is 15.1 Å². The molecular weight excluding hydrogens is 525 g/mol. The van der Waals surface area contributed by atoms with Gasteiger partial charge in [-0.05, 0) is 64.2 Å². The Labute approximate surface area is 230 Å². The maximum absolute atomic E-state index is 13.2. The van der Waals surface area contributed by atoms with Gasteiger partial charge in [-0.3, -0.25) is 9.59 Å². The monoisotopic (exact) mass is 551 g/mol. The standard InChI is InChI=1S/C27H27Cl2N7O2/c1-16-23-20(26(38)36(33-16)24-21(28)8-5-9-22(24)29)15-30-27(32-23)31-18-7-4-6-17(14-18)25(37)35-12-10-19(11-13-35)34(2)3/h4-9,14-15,19H,10-13H2,1-3H3,(H,30,31,32). The van der Waals surface area contributed by atoms with E-state index in [9.17, 15) is 9.59 Å². The van der Waals surface area contributed by atoms with Crippen LogP contribution in [0.15, 0.2) is 53.5 Å². The Bertz CT molecular complexity index is 1560. The van der Waals surface area contributed by atoms with Gasteiger partial charge in [-0.1, -0.05) is 35.3 Å². The van der Waals surface area contributed by atoms with E-state index in [1.807, 2.05) is 23.1 Å². The van der Waals surface area contributed by atoms with Crippen molar-refractivity contribution in [2.24, 2.45) is 0 Å². The van der Waals surface area contributed by atoms with Gasteiger partial charge in [0, 0.05) is 36.6 Å². The summed E-state index contributed by atoms with van der Waals surface area (Å²) in [5, 5.41) is 8.45. The zero-order valence-corrected chi connectivity index (χ0v) is 22.8. The summed E-state index contributed by atoms with van der Waals surface area (Å²) in [7, 11) is 4.15. The van der Waals surface area contributed by atoms with Crippen LogP contribution in [-0.2, 0) is 0 Å². The van der Waals surface area contributed by atoms with Gasteiger partial charge in [0.1, 0.15) is 11.2 Å². The van der Waals surface area contributed by atoms with Crippen molar-refractivity contribution in [2.45, 2.75) is 25.8 Å². The molecule has 0 atom stereocenters. The van der Waals surface area contributed by atoms with Gasteiger partial charge in [0.25, 0.3) is 11.5 Å². The Balaban J connectivity index is 1.40. The van der Waals surface area contributed by atoms with E-state index in [1.54, 1.807) is 31.2 Å².